The van der Waals surface area contributed by atoms with E-state index in [1.807, 2.05) is 35.7 Å². The Morgan fingerprint density at radius 2 is 2.17 bits per heavy atom. The van der Waals surface area contributed by atoms with E-state index in [1.54, 1.807) is 23.3 Å². The molecule has 5 nitrogen and oxygen atoms in total. The van der Waals surface area contributed by atoms with Crippen LogP contribution in [0.25, 0.3) is 10.6 Å². The van der Waals surface area contributed by atoms with Crippen molar-refractivity contribution in [2.75, 3.05) is 7.05 Å². The normalized spacial score (nSPS) is 17.6. The zero-order valence-electron chi connectivity index (χ0n) is 13.0. The highest BCUT2D eigenvalue weighted by Gasteiger charge is 2.27. The van der Waals surface area contributed by atoms with Crippen molar-refractivity contribution >= 4 is 23.2 Å². The third-order valence-corrected chi connectivity index (χ3v) is 4.82. The summed E-state index contributed by atoms with van der Waals surface area (Å²) in [5.74, 6) is -0.0877. The van der Waals surface area contributed by atoms with Crippen molar-refractivity contribution in [2.24, 2.45) is 0 Å². The Morgan fingerprint density at radius 3 is 2.91 bits per heavy atom. The highest BCUT2D eigenvalue weighted by molar-refractivity contribution is 7.13. The lowest BCUT2D eigenvalue weighted by Gasteiger charge is -2.26. The van der Waals surface area contributed by atoms with Crippen molar-refractivity contribution in [1.29, 1.82) is 0 Å². The van der Waals surface area contributed by atoms with Crippen LogP contribution in [-0.2, 0) is 16.1 Å². The number of piperidine rings is 1. The van der Waals surface area contributed by atoms with Crippen LogP contribution in [-0.4, -0.2) is 34.8 Å². The van der Waals surface area contributed by atoms with Crippen molar-refractivity contribution in [2.45, 2.75) is 31.8 Å². The van der Waals surface area contributed by atoms with Crippen LogP contribution in [0.5, 0.6) is 0 Å². The Bertz CT molecular complexity index is 699. The third-order valence-electron chi connectivity index (χ3n) is 3.88. The number of hydrogen-bond donors (Lipinski definition) is 1. The summed E-state index contributed by atoms with van der Waals surface area (Å²) in [5.41, 5.74) is 1.95. The van der Waals surface area contributed by atoms with Gasteiger partial charge in [0, 0.05) is 24.4 Å². The molecule has 1 aliphatic heterocycles. The van der Waals surface area contributed by atoms with Gasteiger partial charge in [-0.1, -0.05) is 30.3 Å². The van der Waals surface area contributed by atoms with Crippen molar-refractivity contribution in [3.8, 4) is 10.6 Å². The number of nitrogens with zero attached hydrogens (tertiary/aromatic N) is 2. The quantitative estimate of drug-likeness (QED) is 0.937. The molecule has 2 aromatic rings. The second-order valence-corrected chi connectivity index (χ2v) is 6.57. The molecule has 1 saturated heterocycles. The minimum absolute atomic E-state index is 0.0389. The lowest BCUT2D eigenvalue weighted by Crippen LogP contribution is -2.49. The Kier molecular flexibility index (Phi) is 4.71. The smallest absolute Gasteiger partial charge is 0.245 e. The van der Waals surface area contributed by atoms with Crippen LogP contribution in [0.4, 0.5) is 0 Å². The van der Waals surface area contributed by atoms with Crippen LogP contribution in [0.15, 0.2) is 35.7 Å². The molecule has 0 saturated carbocycles. The van der Waals surface area contributed by atoms with Crippen LogP contribution in [0.1, 0.15) is 25.0 Å². The van der Waals surface area contributed by atoms with E-state index >= 15 is 0 Å². The molecule has 0 unspecified atom stereocenters. The number of carbonyl (C=O) groups is 2. The summed E-state index contributed by atoms with van der Waals surface area (Å²) in [6, 6.07) is 9.59. The molecule has 1 atom stereocenters. The third kappa shape index (κ3) is 3.76. The highest BCUT2D eigenvalue weighted by Crippen LogP contribution is 2.24. The fraction of sp³-hybridized carbons (Fsp3) is 0.353. The first kappa shape index (κ1) is 15.7. The molecule has 1 fully saturated rings. The summed E-state index contributed by atoms with van der Waals surface area (Å²) < 4.78 is 0. The number of aromatic nitrogens is 1. The van der Waals surface area contributed by atoms with E-state index in [0.29, 0.717) is 19.4 Å². The van der Waals surface area contributed by atoms with E-state index in [0.717, 1.165) is 22.7 Å². The zero-order chi connectivity index (χ0) is 16.2. The van der Waals surface area contributed by atoms with Gasteiger partial charge < -0.3 is 10.2 Å². The number of amides is 2. The minimum atomic E-state index is -0.395. The Hall–Kier alpha value is -2.21. The summed E-state index contributed by atoms with van der Waals surface area (Å²) in [4.78, 5) is 30.1. The van der Waals surface area contributed by atoms with Gasteiger partial charge in [-0.15, -0.1) is 11.3 Å². The Balaban J connectivity index is 1.64. The lowest BCUT2D eigenvalue weighted by atomic mass is 10.0. The van der Waals surface area contributed by atoms with Crippen LogP contribution >= 0.6 is 11.3 Å². The molecule has 2 amide bonds. The van der Waals surface area contributed by atoms with E-state index in [-0.39, 0.29) is 11.8 Å². The second kappa shape index (κ2) is 6.91. The topological polar surface area (TPSA) is 62.3 Å². The SMILES string of the molecule is CN(Cc1csc(-c2ccccc2)n1)C(=O)[C@@H]1CCCC(=O)N1. The first-order valence-electron chi connectivity index (χ1n) is 7.67. The molecule has 1 N–H and O–H groups in total. The molecule has 1 aromatic heterocycles. The number of benzene rings is 1. The van der Waals surface area contributed by atoms with Crippen LogP contribution < -0.4 is 5.32 Å². The predicted molar refractivity (Wildman–Crippen MR) is 89.8 cm³/mol. The number of thiazole rings is 1. The highest BCUT2D eigenvalue weighted by atomic mass is 32.1. The van der Waals surface area contributed by atoms with Crippen LogP contribution in [0, 0.1) is 0 Å². The predicted octanol–water partition coefficient (Wildman–Crippen LogP) is 2.44. The van der Waals surface area contributed by atoms with E-state index in [2.05, 4.69) is 10.3 Å². The average molecular weight is 329 g/mol. The summed E-state index contributed by atoms with van der Waals surface area (Å²) in [5, 5.41) is 5.69. The molecular weight excluding hydrogens is 310 g/mol. The van der Waals surface area contributed by atoms with Gasteiger partial charge in [-0.2, -0.15) is 0 Å². The van der Waals surface area contributed by atoms with Gasteiger partial charge in [0.15, 0.2) is 0 Å². The molecule has 23 heavy (non-hydrogen) atoms. The number of likely N-dealkylation sites (N-methyl/N-ethyl adjacent to an activating group) is 1. The largest absolute Gasteiger partial charge is 0.344 e. The Morgan fingerprint density at radius 1 is 1.39 bits per heavy atom. The molecule has 1 aliphatic rings. The maximum Gasteiger partial charge on any atom is 0.245 e. The van der Waals surface area contributed by atoms with Gasteiger partial charge in [0.05, 0.1) is 12.2 Å². The summed E-state index contributed by atoms with van der Waals surface area (Å²) in [6.07, 6.45) is 1.99. The molecule has 0 radical (unpaired) electrons. The molecule has 3 rings (SSSR count). The van der Waals surface area contributed by atoms with Crippen molar-refractivity contribution < 1.29 is 9.59 Å². The summed E-state index contributed by atoms with van der Waals surface area (Å²) >= 11 is 1.57. The van der Waals surface area contributed by atoms with Gasteiger partial charge >= 0.3 is 0 Å². The number of hydrogen-bond acceptors (Lipinski definition) is 4. The summed E-state index contributed by atoms with van der Waals surface area (Å²) in [6.45, 7) is 0.453. The molecule has 1 aromatic carbocycles. The fourth-order valence-corrected chi connectivity index (χ4v) is 3.49. The maximum absolute atomic E-state index is 12.4. The van der Waals surface area contributed by atoms with E-state index in [1.165, 1.54) is 0 Å². The van der Waals surface area contributed by atoms with Gasteiger partial charge in [-0.3, -0.25) is 9.59 Å². The van der Waals surface area contributed by atoms with Gasteiger partial charge in [-0.25, -0.2) is 4.98 Å². The summed E-state index contributed by atoms with van der Waals surface area (Å²) in [7, 11) is 1.75. The van der Waals surface area contributed by atoms with Crippen molar-refractivity contribution in [3.05, 3.63) is 41.4 Å². The number of nitrogens with one attached hydrogen (secondary N) is 1. The Labute approximate surface area is 139 Å². The number of rotatable bonds is 4. The van der Waals surface area contributed by atoms with E-state index in [4.69, 9.17) is 0 Å². The van der Waals surface area contributed by atoms with Crippen molar-refractivity contribution in [1.82, 2.24) is 15.2 Å². The molecule has 120 valence electrons. The molecule has 0 aliphatic carbocycles. The zero-order valence-corrected chi connectivity index (χ0v) is 13.8. The average Bonchev–Trinajstić information content (AvgIpc) is 3.03. The maximum atomic E-state index is 12.4. The van der Waals surface area contributed by atoms with Gasteiger partial charge in [0.25, 0.3) is 0 Å². The van der Waals surface area contributed by atoms with E-state index < -0.39 is 6.04 Å². The molecular formula is C17H19N3O2S. The fourth-order valence-electron chi connectivity index (χ4n) is 2.67. The minimum Gasteiger partial charge on any atom is -0.344 e. The standard InChI is InChI=1S/C17H19N3O2S/c1-20(17(22)14-8-5-9-15(21)19-14)10-13-11-23-16(18-13)12-6-3-2-4-7-12/h2-4,6-7,11,14H,5,8-10H2,1H3,(H,19,21)/t14-/m0/s1. The van der Waals surface area contributed by atoms with Crippen LogP contribution in [0.2, 0.25) is 0 Å². The first-order valence-corrected chi connectivity index (χ1v) is 8.55. The lowest BCUT2D eigenvalue weighted by molar-refractivity contribution is -0.137. The van der Waals surface area contributed by atoms with Crippen LogP contribution in [0.3, 0.4) is 0 Å². The van der Waals surface area contributed by atoms with Gasteiger partial charge in [-0.05, 0) is 12.8 Å². The molecule has 6 heteroatoms. The van der Waals surface area contributed by atoms with Gasteiger partial charge in [0.2, 0.25) is 11.8 Å². The molecule has 0 spiro atoms. The first-order chi connectivity index (χ1) is 11.1. The molecule has 0 bridgehead atoms. The van der Waals surface area contributed by atoms with Crippen molar-refractivity contribution in [3.63, 3.8) is 0 Å². The van der Waals surface area contributed by atoms with E-state index in [9.17, 15) is 9.59 Å². The second-order valence-electron chi connectivity index (χ2n) is 5.72. The number of carbonyl (C=O) groups excluding carboxylic acids is 2. The van der Waals surface area contributed by atoms with Gasteiger partial charge in [0.1, 0.15) is 11.0 Å². The monoisotopic (exact) mass is 329 g/mol. The molecule has 2 heterocycles.